The summed E-state index contributed by atoms with van der Waals surface area (Å²) < 4.78 is 6.68. The molecule has 3 rings (SSSR count). The fraction of sp³-hybridized carbons (Fsp3) is 0.381. The molecule has 5 nitrogen and oxygen atoms in total. The molecule has 0 radical (unpaired) electrons. The lowest BCUT2D eigenvalue weighted by atomic mass is 10.0. The Labute approximate surface area is 162 Å². The lowest BCUT2D eigenvalue weighted by Crippen LogP contribution is -2.31. The molecule has 0 aliphatic rings. The van der Waals surface area contributed by atoms with Crippen LogP contribution in [0.2, 0.25) is 0 Å². The van der Waals surface area contributed by atoms with Crippen molar-refractivity contribution in [2.24, 2.45) is 0 Å². The third-order valence-corrected chi connectivity index (χ3v) is 5.67. The number of fused-ring (bicyclic) bond motifs is 1. The van der Waals surface area contributed by atoms with E-state index < -0.39 is 6.04 Å². The zero-order chi connectivity index (χ0) is 19.6. The molecule has 2 aromatic heterocycles. The summed E-state index contributed by atoms with van der Waals surface area (Å²) in [5, 5.41) is 2.52. The zero-order valence-corrected chi connectivity index (χ0v) is 16.9. The average Bonchev–Trinajstić information content (AvgIpc) is 3.09. The Morgan fingerprint density at radius 3 is 2.70 bits per heavy atom. The predicted octanol–water partition coefficient (Wildman–Crippen LogP) is 4.65. The maximum atomic E-state index is 13.2. The van der Waals surface area contributed by atoms with Crippen LogP contribution in [0.25, 0.3) is 21.3 Å². The normalized spacial score (nSPS) is 12.3. The smallest absolute Gasteiger partial charge is 0.329 e. The molecule has 0 amide bonds. The number of ether oxygens (including phenoxy) is 1. The number of benzene rings is 1. The van der Waals surface area contributed by atoms with E-state index >= 15 is 0 Å². The van der Waals surface area contributed by atoms with Crippen molar-refractivity contribution in [3.05, 3.63) is 51.4 Å². The zero-order valence-electron chi connectivity index (χ0n) is 16.1. The van der Waals surface area contributed by atoms with E-state index in [2.05, 4.69) is 31.0 Å². The van der Waals surface area contributed by atoms with Crippen LogP contribution in [0.1, 0.15) is 43.9 Å². The van der Waals surface area contributed by atoms with Gasteiger partial charge in [-0.2, -0.15) is 0 Å². The number of esters is 1. The maximum Gasteiger partial charge on any atom is 0.329 e. The van der Waals surface area contributed by atoms with Crippen molar-refractivity contribution in [2.75, 3.05) is 6.61 Å². The van der Waals surface area contributed by atoms with Crippen LogP contribution in [-0.4, -0.2) is 22.1 Å². The monoisotopic (exact) mass is 384 g/mol. The highest BCUT2D eigenvalue weighted by Crippen LogP contribution is 2.32. The number of carbonyl (C=O) groups excluding carboxylic acids is 1. The first kappa shape index (κ1) is 19.3. The second-order valence-electron chi connectivity index (χ2n) is 6.68. The number of aryl methyl sites for hydroxylation is 2. The first-order valence-corrected chi connectivity index (χ1v) is 10.1. The summed E-state index contributed by atoms with van der Waals surface area (Å²) in [6.45, 7) is 8.28. The van der Waals surface area contributed by atoms with Gasteiger partial charge in [-0.05, 0) is 43.4 Å². The Kier molecular flexibility index (Phi) is 5.75. The molecular weight excluding hydrogens is 360 g/mol. The van der Waals surface area contributed by atoms with E-state index in [1.807, 2.05) is 25.3 Å². The standard InChI is InChI=1S/C21H24N2O3S/c1-5-9-26-21(25)17(6-2)23-12-22-19-18(20(23)24)16(11-27-19)15-8-7-13(3)14(4)10-15/h7-8,10-12,17H,5-6,9H2,1-4H3. The topological polar surface area (TPSA) is 61.2 Å². The van der Waals surface area contributed by atoms with Gasteiger partial charge in [0.1, 0.15) is 10.9 Å². The fourth-order valence-corrected chi connectivity index (χ4v) is 3.97. The molecule has 0 saturated heterocycles. The van der Waals surface area contributed by atoms with Gasteiger partial charge in [-0.25, -0.2) is 9.78 Å². The highest BCUT2D eigenvalue weighted by atomic mass is 32.1. The lowest BCUT2D eigenvalue weighted by molar-refractivity contribution is -0.147. The van der Waals surface area contributed by atoms with E-state index in [9.17, 15) is 9.59 Å². The minimum atomic E-state index is -0.659. The Morgan fingerprint density at radius 1 is 1.26 bits per heavy atom. The maximum absolute atomic E-state index is 13.2. The van der Waals surface area contributed by atoms with E-state index in [0.717, 1.165) is 17.5 Å². The molecule has 2 heterocycles. The van der Waals surface area contributed by atoms with E-state index in [-0.39, 0.29) is 11.5 Å². The summed E-state index contributed by atoms with van der Waals surface area (Å²) in [4.78, 5) is 30.7. The van der Waals surface area contributed by atoms with Gasteiger partial charge in [0, 0.05) is 10.9 Å². The van der Waals surface area contributed by atoms with Crippen LogP contribution in [0.4, 0.5) is 0 Å². The molecule has 0 fully saturated rings. The number of aromatic nitrogens is 2. The van der Waals surface area contributed by atoms with E-state index in [1.165, 1.54) is 33.4 Å². The van der Waals surface area contributed by atoms with Gasteiger partial charge in [0.05, 0.1) is 18.3 Å². The minimum Gasteiger partial charge on any atom is -0.464 e. The predicted molar refractivity (Wildman–Crippen MR) is 109 cm³/mol. The average molecular weight is 385 g/mol. The summed E-state index contributed by atoms with van der Waals surface area (Å²) >= 11 is 1.44. The highest BCUT2D eigenvalue weighted by Gasteiger charge is 2.23. The molecule has 27 heavy (non-hydrogen) atoms. The lowest BCUT2D eigenvalue weighted by Gasteiger charge is -2.16. The Bertz CT molecular complexity index is 1040. The molecule has 0 spiro atoms. The molecule has 0 aliphatic carbocycles. The van der Waals surface area contributed by atoms with Crippen molar-refractivity contribution in [3.8, 4) is 11.1 Å². The number of thiophene rings is 1. The molecule has 1 unspecified atom stereocenters. The van der Waals surface area contributed by atoms with Gasteiger partial charge in [0.25, 0.3) is 5.56 Å². The van der Waals surface area contributed by atoms with Crippen molar-refractivity contribution in [1.29, 1.82) is 0 Å². The van der Waals surface area contributed by atoms with Crippen LogP contribution in [0.3, 0.4) is 0 Å². The van der Waals surface area contributed by atoms with E-state index in [0.29, 0.717) is 23.2 Å². The Morgan fingerprint density at radius 2 is 2.04 bits per heavy atom. The Balaban J connectivity index is 2.12. The van der Waals surface area contributed by atoms with Gasteiger partial charge < -0.3 is 4.74 Å². The second-order valence-corrected chi connectivity index (χ2v) is 7.54. The van der Waals surface area contributed by atoms with Crippen molar-refractivity contribution in [3.63, 3.8) is 0 Å². The number of hydrogen-bond donors (Lipinski definition) is 0. The van der Waals surface area contributed by atoms with E-state index in [4.69, 9.17) is 4.74 Å². The molecule has 1 aromatic carbocycles. The van der Waals surface area contributed by atoms with Gasteiger partial charge >= 0.3 is 5.97 Å². The first-order chi connectivity index (χ1) is 13.0. The summed E-state index contributed by atoms with van der Waals surface area (Å²) in [6, 6.07) is 5.50. The largest absolute Gasteiger partial charge is 0.464 e. The van der Waals surface area contributed by atoms with Gasteiger partial charge in [0.2, 0.25) is 0 Å². The molecule has 3 aromatic rings. The van der Waals surface area contributed by atoms with Gasteiger partial charge in [-0.1, -0.05) is 32.0 Å². The van der Waals surface area contributed by atoms with Gasteiger partial charge in [0.15, 0.2) is 0 Å². The third kappa shape index (κ3) is 3.67. The molecule has 1 atom stereocenters. The number of carbonyl (C=O) groups is 1. The van der Waals surface area contributed by atoms with Crippen LogP contribution in [-0.2, 0) is 9.53 Å². The van der Waals surface area contributed by atoms with Crippen molar-refractivity contribution in [1.82, 2.24) is 9.55 Å². The van der Waals surface area contributed by atoms with Gasteiger partial charge in [-0.15, -0.1) is 11.3 Å². The summed E-state index contributed by atoms with van der Waals surface area (Å²) in [7, 11) is 0. The van der Waals surface area contributed by atoms with Crippen LogP contribution in [0.15, 0.2) is 34.7 Å². The second kappa shape index (κ2) is 8.05. The highest BCUT2D eigenvalue weighted by molar-refractivity contribution is 7.17. The molecule has 142 valence electrons. The van der Waals surface area contributed by atoms with Crippen molar-refractivity contribution >= 4 is 27.5 Å². The summed E-state index contributed by atoms with van der Waals surface area (Å²) in [5.41, 5.74) is 4.03. The quantitative estimate of drug-likeness (QED) is 0.581. The van der Waals surface area contributed by atoms with Crippen LogP contribution >= 0.6 is 11.3 Å². The minimum absolute atomic E-state index is 0.199. The Hall–Kier alpha value is -2.47. The number of hydrogen-bond acceptors (Lipinski definition) is 5. The summed E-state index contributed by atoms with van der Waals surface area (Å²) in [6.07, 6.45) is 2.68. The van der Waals surface area contributed by atoms with Crippen LogP contribution < -0.4 is 5.56 Å². The fourth-order valence-electron chi connectivity index (χ4n) is 3.06. The molecule has 0 saturated carbocycles. The molecule has 6 heteroatoms. The molecular formula is C21H24N2O3S. The molecule has 0 N–H and O–H groups in total. The van der Waals surface area contributed by atoms with Crippen molar-refractivity contribution in [2.45, 2.75) is 46.6 Å². The molecule has 0 bridgehead atoms. The van der Waals surface area contributed by atoms with Crippen molar-refractivity contribution < 1.29 is 9.53 Å². The van der Waals surface area contributed by atoms with E-state index in [1.54, 1.807) is 0 Å². The first-order valence-electron chi connectivity index (χ1n) is 9.20. The summed E-state index contributed by atoms with van der Waals surface area (Å²) in [5.74, 6) is -0.384. The third-order valence-electron chi connectivity index (χ3n) is 4.78. The van der Waals surface area contributed by atoms with Crippen LogP contribution in [0, 0.1) is 13.8 Å². The number of rotatable bonds is 6. The van der Waals surface area contributed by atoms with Crippen LogP contribution in [0.5, 0.6) is 0 Å². The van der Waals surface area contributed by atoms with Gasteiger partial charge in [-0.3, -0.25) is 9.36 Å². The SMILES string of the molecule is CCCOC(=O)C(CC)n1cnc2scc(-c3ccc(C)c(C)c3)c2c1=O. The molecule has 0 aliphatic heterocycles. The number of nitrogens with zero attached hydrogens (tertiary/aromatic N) is 2.